The summed E-state index contributed by atoms with van der Waals surface area (Å²) in [5.74, 6) is -1.61. The van der Waals surface area contributed by atoms with E-state index >= 15 is 0 Å². The van der Waals surface area contributed by atoms with Crippen LogP contribution < -0.4 is 5.32 Å². The second-order valence-corrected chi connectivity index (χ2v) is 7.17. The highest BCUT2D eigenvalue weighted by atomic mass is 19.4. The summed E-state index contributed by atoms with van der Waals surface area (Å²) in [6.07, 6.45) is -4.58. The van der Waals surface area contributed by atoms with E-state index in [1.807, 2.05) is 0 Å². The van der Waals surface area contributed by atoms with Crippen LogP contribution in [0.15, 0.2) is 42.6 Å². The molecule has 1 aromatic carbocycles. The van der Waals surface area contributed by atoms with Gasteiger partial charge in [0.05, 0.1) is 29.5 Å². The summed E-state index contributed by atoms with van der Waals surface area (Å²) in [6, 6.07) is 7.87. The summed E-state index contributed by atoms with van der Waals surface area (Å²) in [5.41, 5.74) is 0.288. The van der Waals surface area contributed by atoms with E-state index in [4.69, 9.17) is 9.84 Å². The third kappa shape index (κ3) is 6.28. The predicted molar refractivity (Wildman–Crippen MR) is 103 cm³/mol. The molecule has 2 aromatic rings. The number of benzene rings is 1. The van der Waals surface area contributed by atoms with Crippen LogP contribution in [0.3, 0.4) is 0 Å². The maximum absolute atomic E-state index is 12.7. The van der Waals surface area contributed by atoms with Crippen LogP contribution in [0, 0.1) is 5.92 Å². The molecule has 0 spiro atoms. The van der Waals surface area contributed by atoms with Crippen LogP contribution in [-0.2, 0) is 22.3 Å². The summed E-state index contributed by atoms with van der Waals surface area (Å²) < 4.78 is 43.5. The zero-order valence-electron chi connectivity index (χ0n) is 16.7. The number of alkyl halides is 3. The zero-order valence-corrected chi connectivity index (χ0v) is 16.7. The highest BCUT2D eigenvalue weighted by Gasteiger charge is 2.31. The third-order valence-corrected chi connectivity index (χ3v) is 4.44. The Bertz CT molecular complexity index is 865. The van der Waals surface area contributed by atoms with Crippen molar-refractivity contribution >= 4 is 11.9 Å². The molecule has 9 heteroatoms. The van der Waals surface area contributed by atoms with Crippen LogP contribution in [0.25, 0.3) is 0 Å². The van der Waals surface area contributed by atoms with E-state index in [0.717, 1.165) is 17.8 Å². The van der Waals surface area contributed by atoms with Crippen molar-refractivity contribution in [2.45, 2.75) is 45.7 Å². The van der Waals surface area contributed by atoms with Crippen LogP contribution in [0.1, 0.15) is 54.0 Å². The lowest BCUT2D eigenvalue weighted by Crippen LogP contribution is -2.40. The van der Waals surface area contributed by atoms with Crippen molar-refractivity contribution in [3.05, 3.63) is 65.0 Å². The molecule has 2 unspecified atom stereocenters. The number of carbonyl (C=O) groups is 2. The lowest BCUT2D eigenvalue weighted by Gasteiger charge is -2.23. The van der Waals surface area contributed by atoms with E-state index in [2.05, 4.69) is 10.3 Å². The monoisotopic (exact) mass is 424 g/mol. The summed E-state index contributed by atoms with van der Waals surface area (Å²) in [7, 11) is 0. The first-order valence-corrected chi connectivity index (χ1v) is 9.26. The number of nitrogens with zero attached hydrogens (tertiary/aromatic N) is 1. The number of aromatic nitrogens is 1. The number of carboxylic acid groups (broad SMARTS) is 1. The molecule has 0 aliphatic carbocycles. The minimum absolute atomic E-state index is 0.115. The molecule has 2 atom stereocenters. The Balaban J connectivity index is 1.99. The largest absolute Gasteiger partial charge is 0.478 e. The first-order chi connectivity index (χ1) is 14.0. The van der Waals surface area contributed by atoms with Gasteiger partial charge in [0.2, 0.25) is 5.91 Å². The second kappa shape index (κ2) is 9.71. The van der Waals surface area contributed by atoms with E-state index in [0.29, 0.717) is 0 Å². The fraction of sp³-hybridized carbons (Fsp3) is 0.381. The van der Waals surface area contributed by atoms with Crippen molar-refractivity contribution in [3.63, 3.8) is 0 Å². The van der Waals surface area contributed by atoms with Gasteiger partial charge in [-0.3, -0.25) is 9.78 Å². The van der Waals surface area contributed by atoms with E-state index in [9.17, 15) is 22.8 Å². The van der Waals surface area contributed by atoms with Gasteiger partial charge in [-0.15, -0.1) is 0 Å². The minimum Gasteiger partial charge on any atom is -0.478 e. The molecule has 0 radical (unpaired) electrons. The standard InChI is InChI=1S/C21H23F3N2O4/c1-12(2)18(30-11-17-9-8-16(10-25-17)21(22,23)24)19(27)26-13(3)14-4-6-15(7-5-14)20(28)29/h4-10,12-13,18H,11H2,1-3H3,(H,26,27)(H,28,29). The van der Waals surface area contributed by atoms with E-state index in [1.54, 1.807) is 32.9 Å². The molecule has 0 bridgehead atoms. The molecule has 162 valence electrons. The summed E-state index contributed by atoms with van der Waals surface area (Å²) in [6.45, 7) is 5.21. The van der Waals surface area contributed by atoms with Gasteiger partial charge >= 0.3 is 12.1 Å². The normalized spacial score (nSPS) is 13.7. The Labute approximate surface area is 172 Å². The maximum atomic E-state index is 12.7. The SMILES string of the molecule is CC(NC(=O)C(OCc1ccc(C(F)(F)F)cn1)C(C)C)c1ccc(C(=O)O)cc1. The Morgan fingerprint density at radius 2 is 1.73 bits per heavy atom. The molecule has 0 aliphatic heterocycles. The van der Waals surface area contributed by atoms with Crippen molar-refractivity contribution in [2.24, 2.45) is 5.92 Å². The number of aromatic carboxylic acids is 1. The molecule has 0 saturated heterocycles. The van der Waals surface area contributed by atoms with E-state index in [-0.39, 0.29) is 29.7 Å². The van der Waals surface area contributed by atoms with Crippen LogP contribution in [0.5, 0.6) is 0 Å². The minimum atomic E-state index is -4.47. The molecule has 1 aromatic heterocycles. The van der Waals surface area contributed by atoms with Crippen LogP contribution in [0.4, 0.5) is 13.2 Å². The van der Waals surface area contributed by atoms with E-state index < -0.39 is 29.9 Å². The van der Waals surface area contributed by atoms with Crippen molar-refractivity contribution in [2.75, 3.05) is 0 Å². The van der Waals surface area contributed by atoms with Gasteiger partial charge in [0, 0.05) is 6.20 Å². The number of ether oxygens (including phenoxy) is 1. The lowest BCUT2D eigenvalue weighted by molar-refractivity contribution is -0.137. The number of pyridine rings is 1. The zero-order chi connectivity index (χ0) is 22.5. The molecule has 6 nitrogen and oxygen atoms in total. The Morgan fingerprint density at radius 1 is 1.10 bits per heavy atom. The summed E-state index contributed by atoms with van der Waals surface area (Å²) in [4.78, 5) is 27.3. The highest BCUT2D eigenvalue weighted by molar-refractivity contribution is 5.87. The van der Waals surface area contributed by atoms with Crippen LogP contribution >= 0.6 is 0 Å². The fourth-order valence-electron chi connectivity index (χ4n) is 2.72. The van der Waals surface area contributed by atoms with Gasteiger partial charge in [0.15, 0.2) is 0 Å². The topological polar surface area (TPSA) is 88.5 Å². The van der Waals surface area contributed by atoms with Crippen LogP contribution in [-0.4, -0.2) is 28.1 Å². The van der Waals surface area contributed by atoms with Gasteiger partial charge < -0.3 is 15.2 Å². The summed E-state index contributed by atoms with van der Waals surface area (Å²) >= 11 is 0. The number of amides is 1. The quantitative estimate of drug-likeness (QED) is 0.663. The van der Waals surface area contributed by atoms with Gasteiger partial charge in [-0.1, -0.05) is 26.0 Å². The van der Waals surface area contributed by atoms with Crippen molar-refractivity contribution in [3.8, 4) is 0 Å². The molecule has 0 aliphatic rings. The number of hydrogen-bond acceptors (Lipinski definition) is 4. The lowest BCUT2D eigenvalue weighted by atomic mass is 10.0. The Morgan fingerprint density at radius 3 is 2.20 bits per heavy atom. The Kier molecular flexibility index (Phi) is 7.55. The smallest absolute Gasteiger partial charge is 0.417 e. The first-order valence-electron chi connectivity index (χ1n) is 9.26. The third-order valence-electron chi connectivity index (χ3n) is 4.44. The maximum Gasteiger partial charge on any atom is 0.417 e. The number of nitrogens with one attached hydrogen (secondary N) is 1. The molecule has 0 saturated carbocycles. The molecule has 2 N–H and O–H groups in total. The predicted octanol–water partition coefficient (Wildman–Crippen LogP) is 4.22. The van der Waals surface area contributed by atoms with Gasteiger partial charge in [0.1, 0.15) is 6.10 Å². The van der Waals surface area contributed by atoms with Gasteiger partial charge in [-0.2, -0.15) is 13.2 Å². The average molecular weight is 424 g/mol. The molecular formula is C21H23F3N2O4. The number of carbonyl (C=O) groups excluding carboxylic acids is 1. The molecule has 30 heavy (non-hydrogen) atoms. The van der Waals surface area contributed by atoms with Crippen molar-refractivity contribution in [1.29, 1.82) is 0 Å². The number of halogens is 3. The molecule has 1 amide bonds. The second-order valence-electron chi connectivity index (χ2n) is 7.17. The van der Waals surface area contributed by atoms with E-state index in [1.165, 1.54) is 18.2 Å². The highest BCUT2D eigenvalue weighted by Crippen LogP contribution is 2.28. The Hall–Kier alpha value is -2.94. The van der Waals surface area contributed by atoms with Gasteiger partial charge in [-0.05, 0) is 42.7 Å². The van der Waals surface area contributed by atoms with Crippen LogP contribution in [0.2, 0.25) is 0 Å². The molecular weight excluding hydrogens is 401 g/mol. The summed E-state index contributed by atoms with van der Waals surface area (Å²) in [5, 5.41) is 11.8. The number of rotatable bonds is 8. The van der Waals surface area contributed by atoms with Gasteiger partial charge in [-0.25, -0.2) is 4.79 Å². The molecule has 0 fully saturated rings. The number of carboxylic acids is 1. The first kappa shape index (κ1) is 23.3. The average Bonchev–Trinajstić information content (AvgIpc) is 2.67. The molecule has 2 rings (SSSR count). The molecule has 1 heterocycles. The number of hydrogen-bond donors (Lipinski definition) is 2. The fourth-order valence-corrected chi connectivity index (χ4v) is 2.72. The van der Waals surface area contributed by atoms with Crippen molar-refractivity contribution < 1.29 is 32.6 Å². The van der Waals surface area contributed by atoms with Crippen molar-refractivity contribution in [1.82, 2.24) is 10.3 Å². The van der Waals surface area contributed by atoms with Gasteiger partial charge in [0.25, 0.3) is 0 Å².